The lowest BCUT2D eigenvalue weighted by atomic mass is 9.81. The number of carbonyl (C=O) groups is 3. The Morgan fingerprint density at radius 3 is 2.13 bits per heavy atom. The summed E-state index contributed by atoms with van der Waals surface area (Å²) in [5.41, 5.74) is 0. The summed E-state index contributed by atoms with van der Waals surface area (Å²) in [5, 5.41) is 8.89. The van der Waals surface area contributed by atoms with Gasteiger partial charge in [-0.15, -0.1) is 0 Å². The summed E-state index contributed by atoms with van der Waals surface area (Å²) in [4.78, 5) is 40.1. The Labute approximate surface area is 136 Å². The lowest BCUT2D eigenvalue weighted by Gasteiger charge is -2.29. The second-order valence-corrected chi connectivity index (χ2v) is 6.86. The van der Waals surface area contributed by atoms with Gasteiger partial charge in [-0.05, 0) is 25.7 Å². The van der Waals surface area contributed by atoms with Gasteiger partial charge in [-0.25, -0.2) is 0 Å². The van der Waals surface area contributed by atoms with Crippen molar-refractivity contribution >= 4 is 17.7 Å². The third-order valence-electron chi connectivity index (χ3n) is 5.51. The van der Waals surface area contributed by atoms with Gasteiger partial charge in [0.2, 0.25) is 17.7 Å². The van der Waals surface area contributed by atoms with Crippen molar-refractivity contribution in [3.8, 4) is 6.07 Å². The average Bonchev–Trinajstić information content (AvgIpc) is 2.84. The van der Waals surface area contributed by atoms with Crippen LogP contribution < -0.4 is 0 Å². The van der Waals surface area contributed by atoms with Crippen molar-refractivity contribution in [1.29, 1.82) is 5.26 Å². The smallest absolute Gasteiger partial charge is 0.233 e. The molecule has 6 nitrogen and oxygen atoms in total. The van der Waals surface area contributed by atoms with Crippen LogP contribution in [0.2, 0.25) is 0 Å². The summed E-state index contributed by atoms with van der Waals surface area (Å²) < 4.78 is 0. The maximum absolute atomic E-state index is 12.4. The Morgan fingerprint density at radius 1 is 1.04 bits per heavy atom. The van der Waals surface area contributed by atoms with Gasteiger partial charge in [-0.2, -0.15) is 5.26 Å². The number of nitrogens with zero attached hydrogens (tertiary/aromatic N) is 3. The number of carbonyl (C=O) groups excluding carboxylic acids is 3. The van der Waals surface area contributed by atoms with Crippen molar-refractivity contribution in [2.75, 3.05) is 19.6 Å². The van der Waals surface area contributed by atoms with Gasteiger partial charge in [-0.3, -0.25) is 19.3 Å². The van der Waals surface area contributed by atoms with Crippen LogP contribution in [0, 0.1) is 29.1 Å². The number of imide groups is 1. The van der Waals surface area contributed by atoms with E-state index in [4.69, 9.17) is 5.26 Å². The molecule has 2 saturated heterocycles. The van der Waals surface area contributed by atoms with Crippen molar-refractivity contribution in [2.24, 2.45) is 17.8 Å². The van der Waals surface area contributed by atoms with E-state index in [2.05, 4.69) is 6.07 Å². The van der Waals surface area contributed by atoms with Crippen LogP contribution in [-0.4, -0.2) is 47.2 Å². The van der Waals surface area contributed by atoms with Crippen LogP contribution in [0.1, 0.15) is 44.9 Å². The molecule has 2 heterocycles. The molecule has 1 saturated carbocycles. The van der Waals surface area contributed by atoms with E-state index in [0.29, 0.717) is 25.9 Å². The molecular weight excluding hydrogens is 294 g/mol. The third-order valence-corrected chi connectivity index (χ3v) is 5.51. The van der Waals surface area contributed by atoms with Crippen LogP contribution in [0.25, 0.3) is 0 Å². The van der Waals surface area contributed by atoms with E-state index in [1.54, 1.807) is 4.90 Å². The first kappa shape index (κ1) is 16.0. The predicted octanol–water partition coefficient (Wildman–Crippen LogP) is 1.31. The van der Waals surface area contributed by atoms with Gasteiger partial charge in [0, 0.05) is 32.0 Å². The van der Waals surface area contributed by atoms with Gasteiger partial charge in [0.15, 0.2) is 0 Å². The molecule has 23 heavy (non-hydrogen) atoms. The number of piperidine rings is 1. The van der Waals surface area contributed by atoms with Crippen molar-refractivity contribution in [2.45, 2.75) is 44.9 Å². The lowest BCUT2D eigenvalue weighted by Crippen LogP contribution is -2.41. The number of nitriles is 1. The van der Waals surface area contributed by atoms with Crippen LogP contribution in [0.5, 0.6) is 0 Å². The largest absolute Gasteiger partial charge is 0.343 e. The van der Waals surface area contributed by atoms with Gasteiger partial charge in [0.05, 0.1) is 17.9 Å². The summed E-state index contributed by atoms with van der Waals surface area (Å²) in [6, 6.07) is 2.24. The van der Waals surface area contributed by atoms with E-state index in [1.807, 2.05) is 0 Å². The highest BCUT2D eigenvalue weighted by molar-refractivity contribution is 6.05. The minimum atomic E-state index is -0.141. The van der Waals surface area contributed by atoms with Gasteiger partial charge in [0.25, 0.3) is 0 Å². The molecule has 3 rings (SSSR count). The molecule has 0 spiro atoms. The molecule has 3 aliphatic rings. The molecule has 2 atom stereocenters. The first-order valence-electron chi connectivity index (χ1n) is 8.64. The zero-order chi connectivity index (χ0) is 16.4. The van der Waals surface area contributed by atoms with E-state index in [-0.39, 0.29) is 48.4 Å². The Kier molecular flexibility index (Phi) is 4.65. The maximum atomic E-state index is 12.4. The molecule has 0 aromatic rings. The van der Waals surface area contributed by atoms with Crippen LogP contribution in [0.3, 0.4) is 0 Å². The Morgan fingerprint density at radius 2 is 1.61 bits per heavy atom. The topological polar surface area (TPSA) is 81.5 Å². The maximum Gasteiger partial charge on any atom is 0.233 e. The average molecular weight is 317 g/mol. The van der Waals surface area contributed by atoms with E-state index in [1.165, 1.54) is 4.90 Å². The minimum absolute atomic E-state index is 0.0168. The second-order valence-electron chi connectivity index (χ2n) is 6.86. The summed E-state index contributed by atoms with van der Waals surface area (Å²) >= 11 is 0. The summed E-state index contributed by atoms with van der Waals surface area (Å²) in [5.74, 6) is -0.400. The first-order valence-corrected chi connectivity index (χ1v) is 8.64. The summed E-state index contributed by atoms with van der Waals surface area (Å²) in [7, 11) is 0. The highest BCUT2D eigenvalue weighted by atomic mass is 16.2. The first-order chi connectivity index (χ1) is 11.1. The molecule has 2 aliphatic heterocycles. The molecule has 3 fully saturated rings. The van der Waals surface area contributed by atoms with Gasteiger partial charge in [0.1, 0.15) is 0 Å². The number of rotatable bonds is 3. The Hall–Kier alpha value is -1.90. The predicted molar refractivity (Wildman–Crippen MR) is 81.7 cm³/mol. The second kappa shape index (κ2) is 6.69. The van der Waals surface area contributed by atoms with Gasteiger partial charge < -0.3 is 4.90 Å². The SMILES string of the molecule is N#CC1CCN(C(=O)CCN2C(=O)C3CCCCC3C2=O)CC1. The van der Waals surface area contributed by atoms with Crippen molar-refractivity contribution in [1.82, 2.24) is 9.80 Å². The third kappa shape index (κ3) is 3.10. The molecule has 2 unspecified atom stereocenters. The fraction of sp³-hybridized carbons (Fsp3) is 0.765. The van der Waals surface area contributed by atoms with E-state index >= 15 is 0 Å². The molecule has 0 radical (unpaired) electrons. The van der Waals surface area contributed by atoms with E-state index in [0.717, 1.165) is 25.7 Å². The summed E-state index contributed by atoms with van der Waals surface area (Å²) in [6.45, 7) is 1.41. The molecule has 0 N–H and O–H groups in total. The van der Waals surface area contributed by atoms with Crippen LogP contribution in [0.4, 0.5) is 0 Å². The van der Waals surface area contributed by atoms with Crippen molar-refractivity contribution in [3.05, 3.63) is 0 Å². The van der Waals surface area contributed by atoms with E-state index in [9.17, 15) is 14.4 Å². The highest BCUT2D eigenvalue weighted by Crippen LogP contribution is 2.38. The molecular formula is C17H23N3O3. The number of likely N-dealkylation sites (tertiary alicyclic amines) is 2. The molecule has 0 bridgehead atoms. The quantitative estimate of drug-likeness (QED) is 0.735. The molecule has 1 aliphatic carbocycles. The van der Waals surface area contributed by atoms with Crippen LogP contribution in [-0.2, 0) is 14.4 Å². The van der Waals surface area contributed by atoms with Crippen LogP contribution >= 0.6 is 0 Å². The van der Waals surface area contributed by atoms with Gasteiger partial charge in [-0.1, -0.05) is 12.8 Å². The fourth-order valence-electron chi connectivity index (χ4n) is 4.07. The van der Waals surface area contributed by atoms with Crippen molar-refractivity contribution in [3.63, 3.8) is 0 Å². The molecule has 0 aromatic carbocycles. The minimum Gasteiger partial charge on any atom is -0.343 e. The Balaban J connectivity index is 1.52. The normalized spacial score (nSPS) is 28.7. The molecule has 124 valence electrons. The number of hydrogen-bond acceptors (Lipinski definition) is 4. The highest BCUT2D eigenvalue weighted by Gasteiger charge is 2.47. The number of hydrogen-bond donors (Lipinski definition) is 0. The van der Waals surface area contributed by atoms with Gasteiger partial charge >= 0.3 is 0 Å². The number of fused-ring (bicyclic) bond motifs is 1. The Bertz CT molecular complexity index is 522. The fourth-order valence-corrected chi connectivity index (χ4v) is 4.07. The van der Waals surface area contributed by atoms with Crippen LogP contribution in [0.15, 0.2) is 0 Å². The number of amides is 3. The van der Waals surface area contributed by atoms with E-state index < -0.39 is 0 Å². The standard InChI is InChI=1S/C17H23N3O3/c18-11-12-5-8-19(9-6-12)15(21)7-10-20-16(22)13-3-1-2-4-14(13)17(20)23/h12-14H,1-10H2. The lowest BCUT2D eigenvalue weighted by molar-refractivity contribution is -0.141. The summed E-state index contributed by atoms with van der Waals surface area (Å²) in [6.07, 6.45) is 5.28. The van der Waals surface area contributed by atoms with Crippen molar-refractivity contribution < 1.29 is 14.4 Å². The molecule has 0 aromatic heterocycles. The molecule has 3 amide bonds. The molecule has 6 heteroatoms. The monoisotopic (exact) mass is 317 g/mol. The zero-order valence-electron chi connectivity index (χ0n) is 13.4. The zero-order valence-corrected chi connectivity index (χ0v) is 13.4.